The number of nitrogens with zero attached hydrogens (tertiary/aromatic N) is 2. The number of para-hydroxylation sites is 1. The predicted molar refractivity (Wildman–Crippen MR) is 109 cm³/mol. The van der Waals surface area contributed by atoms with Crippen molar-refractivity contribution in [3.8, 4) is 0 Å². The molecule has 29 heavy (non-hydrogen) atoms. The van der Waals surface area contributed by atoms with E-state index in [1.54, 1.807) is 12.1 Å². The highest BCUT2D eigenvalue weighted by Gasteiger charge is 2.52. The standard InChI is InChI=1S/C22H24N4O3/c1-2-22(17-11-4-3-5-12-17)20(28)26(21(29)23-22)24-19(27)15-25-14-8-10-16-9-6-7-13-18(16)25/h3-7,9,11-13H,2,8,10,14-15H2,1H3,(H,23,29)(H,24,27)/t22-/m1/s1. The Hall–Kier alpha value is -3.35. The van der Waals surface area contributed by atoms with Gasteiger partial charge in [-0.25, -0.2) is 4.79 Å². The second-order valence-electron chi connectivity index (χ2n) is 7.38. The summed E-state index contributed by atoms with van der Waals surface area (Å²) in [5.41, 5.74) is 4.27. The molecule has 4 rings (SSSR count). The molecule has 2 N–H and O–H groups in total. The van der Waals surface area contributed by atoms with Gasteiger partial charge in [-0.3, -0.25) is 15.0 Å². The van der Waals surface area contributed by atoms with Gasteiger partial charge in [0.05, 0.1) is 6.54 Å². The van der Waals surface area contributed by atoms with Crippen molar-refractivity contribution in [2.45, 2.75) is 31.7 Å². The lowest BCUT2D eigenvalue weighted by molar-refractivity contribution is -0.139. The Bertz CT molecular complexity index is 946. The first-order valence-electron chi connectivity index (χ1n) is 9.90. The molecule has 2 aromatic carbocycles. The Morgan fingerprint density at radius 1 is 1.10 bits per heavy atom. The van der Waals surface area contributed by atoms with Crippen LogP contribution in [0.25, 0.3) is 0 Å². The molecule has 2 aliphatic rings. The minimum atomic E-state index is -1.16. The third kappa shape index (κ3) is 3.33. The Morgan fingerprint density at radius 2 is 1.83 bits per heavy atom. The third-order valence-corrected chi connectivity index (χ3v) is 5.67. The first kappa shape index (κ1) is 19.0. The summed E-state index contributed by atoms with van der Waals surface area (Å²) in [5.74, 6) is -0.867. The van der Waals surface area contributed by atoms with E-state index in [-0.39, 0.29) is 6.54 Å². The average Bonchev–Trinajstić information content (AvgIpc) is 3.00. The van der Waals surface area contributed by atoms with Crippen LogP contribution in [0.4, 0.5) is 10.5 Å². The number of anilines is 1. The highest BCUT2D eigenvalue weighted by Crippen LogP contribution is 2.31. The van der Waals surface area contributed by atoms with Gasteiger partial charge in [-0.05, 0) is 36.5 Å². The van der Waals surface area contributed by atoms with Gasteiger partial charge in [-0.15, -0.1) is 0 Å². The molecule has 0 spiro atoms. The molecule has 0 unspecified atom stereocenters. The molecule has 0 bridgehead atoms. The number of rotatable bonds is 5. The van der Waals surface area contributed by atoms with Crippen molar-refractivity contribution >= 4 is 23.5 Å². The molecule has 150 valence electrons. The summed E-state index contributed by atoms with van der Waals surface area (Å²) in [7, 11) is 0. The summed E-state index contributed by atoms with van der Waals surface area (Å²) in [4.78, 5) is 40.3. The number of benzene rings is 2. The molecule has 7 nitrogen and oxygen atoms in total. The van der Waals surface area contributed by atoms with Gasteiger partial charge in [0.1, 0.15) is 5.54 Å². The van der Waals surface area contributed by atoms with Crippen LogP contribution in [0.3, 0.4) is 0 Å². The number of hydrazine groups is 1. The first-order valence-corrected chi connectivity index (χ1v) is 9.90. The molecular weight excluding hydrogens is 368 g/mol. The Balaban J connectivity index is 1.49. The lowest BCUT2D eigenvalue weighted by Gasteiger charge is -2.31. The average molecular weight is 392 g/mol. The van der Waals surface area contributed by atoms with Gasteiger partial charge in [0.25, 0.3) is 11.8 Å². The van der Waals surface area contributed by atoms with Crippen molar-refractivity contribution in [1.82, 2.24) is 15.8 Å². The van der Waals surface area contributed by atoms with Crippen LogP contribution in [0.15, 0.2) is 54.6 Å². The minimum absolute atomic E-state index is 0.0819. The molecule has 0 aliphatic carbocycles. The number of aryl methyl sites for hydroxylation is 1. The number of urea groups is 1. The molecular formula is C22H24N4O3. The lowest BCUT2D eigenvalue weighted by Crippen LogP contribution is -2.51. The second kappa shape index (κ2) is 7.58. The SMILES string of the molecule is CC[C@]1(c2ccccc2)NC(=O)N(NC(=O)CN2CCCc3ccccc32)C1=O. The zero-order valence-corrected chi connectivity index (χ0v) is 16.4. The van der Waals surface area contributed by atoms with Gasteiger partial charge < -0.3 is 10.2 Å². The number of amides is 4. The van der Waals surface area contributed by atoms with Crippen LogP contribution in [-0.2, 0) is 21.5 Å². The van der Waals surface area contributed by atoms with Crippen molar-refractivity contribution < 1.29 is 14.4 Å². The van der Waals surface area contributed by atoms with Crippen LogP contribution in [0.5, 0.6) is 0 Å². The van der Waals surface area contributed by atoms with E-state index >= 15 is 0 Å². The van der Waals surface area contributed by atoms with Crippen molar-refractivity contribution in [3.63, 3.8) is 0 Å². The Morgan fingerprint density at radius 3 is 2.59 bits per heavy atom. The summed E-state index contributed by atoms with van der Waals surface area (Å²) in [6.07, 6.45) is 2.32. The molecule has 1 fully saturated rings. The summed E-state index contributed by atoms with van der Waals surface area (Å²) in [6.45, 7) is 2.67. The summed E-state index contributed by atoms with van der Waals surface area (Å²) < 4.78 is 0. The summed E-state index contributed by atoms with van der Waals surface area (Å²) in [5, 5.41) is 3.58. The number of imide groups is 1. The van der Waals surface area contributed by atoms with E-state index in [1.807, 2.05) is 48.2 Å². The van der Waals surface area contributed by atoms with Crippen molar-refractivity contribution in [3.05, 3.63) is 65.7 Å². The zero-order valence-electron chi connectivity index (χ0n) is 16.4. The molecule has 0 saturated carbocycles. The lowest BCUT2D eigenvalue weighted by atomic mass is 9.87. The van der Waals surface area contributed by atoms with Gasteiger partial charge in [-0.2, -0.15) is 5.01 Å². The molecule has 7 heteroatoms. The van der Waals surface area contributed by atoms with Gasteiger partial charge >= 0.3 is 6.03 Å². The number of nitrogens with one attached hydrogen (secondary N) is 2. The second-order valence-corrected chi connectivity index (χ2v) is 7.38. The van der Waals surface area contributed by atoms with E-state index in [0.717, 1.165) is 30.1 Å². The smallest absolute Gasteiger partial charge is 0.344 e. The summed E-state index contributed by atoms with van der Waals surface area (Å²) >= 11 is 0. The van der Waals surface area contributed by atoms with Crippen LogP contribution < -0.4 is 15.6 Å². The topological polar surface area (TPSA) is 81.8 Å². The van der Waals surface area contributed by atoms with Crippen molar-refractivity contribution in [2.24, 2.45) is 0 Å². The van der Waals surface area contributed by atoms with Crippen molar-refractivity contribution in [1.29, 1.82) is 0 Å². The fourth-order valence-corrected chi connectivity index (χ4v) is 4.15. The quantitative estimate of drug-likeness (QED) is 0.766. The van der Waals surface area contributed by atoms with Gasteiger partial charge in [0.2, 0.25) is 0 Å². The van der Waals surface area contributed by atoms with Crippen LogP contribution in [0.2, 0.25) is 0 Å². The van der Waals surface area contributed by atoms with Gasteiger partial charge in [0, 0.05) is 12.2 Å². The molecule has 2 aliphatic heterocycles. The van der Waals surface area contributed by atoms with Gasteiger partial charge in [0.15, 0.2) is 0 Å². The number of hydrogen-bond donors (Lipinski definition) is 2. The molecule has 0 aromatic heterocycles. The third-order valence-electron chi connectivity index (χ3n) is 5.67. The van der Waals surface area contributed by atoms with Crippen molar-refractivity contribution in [2.75, 3.05) is 18.0 Å². The first-order chi connectivity index (χ1) is 14.0. The predicted octanol–water partition coefficient (Wildman–Crippen LogP) is 2.33. The zero-order chi connectivity index (χ0) is 20.4. The maximum absolute atomic E-state index is 13.1. The number of carbonyl (C=O) groups is 3. The molecule has 4 amide bonds. The molecule has 2 heterocycles. The van der Waals surface area contributed by atoms with Gasteiger partial charge in [-0.1, -0.05) is 55.5 Å². The Kier molecular flexibility index (Phi) is 4.96. The van der Waals surface area contributed by atoms with E-state index in [4.69, 9.17) is 0 Å². The number of fused-ring (bicyclic) bond motifs is 1. The maximum atomic E-state index is 13.1. The molecule has 2 aromatic rings. The van der Waals surface area contributed by atoms with Crippen LogP contribution in [0, 0.1) is 0 Å². The van der Waals surface area contributed by atoms with Crippen LogP contribution in [-0.4, -0.2) is 35.9 Å². The highest BCUT2D eigenvalue weighted by atomic mass is 16.2. The van der Waals surface area contributed by atoms with E-state index in [9.17, 15) is 14.4 Å². The monoisotopic (exact) mass is 392 g/mol. The summed E-state index contributed by atoms with van der Waals surface area (Å²) in [6, 6.07) is 16.5. The van der Waals surface area contributed by atoms with E-state index in [2.05, 4.69) is 16.8 Å². The van der Waals surface area contributed by atoms with E-state index in [0.29, 0.717) is 12.0 Å². The molecule has 1 saturated heterocycles. The van der Waals surface area contributed by atoms with Crippen LogP contribution in [0.1, 0.15) is 30.9 Å². The minimum Gasteiger partial charge on any atom is -0.362 e. The number of carbonyl (C=O) groups excluding carboxylic acids is 3. The largest absolute Gasteiger partial charge is 0.362 e. The van der Waals surface area contributed by atoms with E-state index < -0.39 is 23.4 Å². The molecule has 0 radical (unpaired) electrons. The number of hydrogen-bond acceptors (Lipinski definition) is 4. The van der Waals surface area contributed by atoms with Crippen LogP contribution >= 0.6 is 0 Å². The van der Waals surface area contributed by atoms with E-state index in [1.165, 1.54) is 5.56 Å². The Labute approximate surface area is 169 Å². The highest BCUT2D eigenvalue weighted by molar-refractivity contribution is 6.08. The normalized spacial score (nSPS) is 21.0. The maximum Gasteiger partial charge on any atom is 0.344 e. The molecule has 1 atom stereocenters. The fraction of sp³-hybridized carbons (Fsp3) is 0.318. The fourth-order valence-electron chi connectivity index (χ4n) is 4.15.